The molecule has 1 aliphatic rings. The minimum atomic E-state index is 0.509. The van der Waals surface area contributed by atoms with Crippen molar-refractivity contribution in [1.82, 2.24) is 5.32 Å². The van der Waals surface area contributed by atoms with Crippen LogP contribution in [-0.4, -0.2) is 26.2 Å². The first-order chi connectivity index (χ1) is 7.15. The summed E-state index contributed by atoms with van der Waals surface area (Å²) in [5, 5.41) is 3.33. The van der Waals surface area contributed by atoms with Gasteiger partial charge in [0.1, 0.15) is 0 Å². The van der Waals surface area contributed by atoms with Gasteiger partial charge in [-0.25, -0.2) is 0 Å². The Bertz CT molecular complexity index is 365. The molecule has 0 fully saturated rings. The highest BCUT2D eigenvalue weighted by Gasteiger charge is 2.30. The molecule has 2 nitrogen and oxygen atoms in total. The average Bonchev–Trinajstić information content (AvgIpc) is 2.57. The lowest BCUT2D eigenvalue weighted by Gasteiger charge is -2.27. The van der Waals surface area contributed by atoms with Gasteiger partial charge in [0.25, 0.3) is 0 Å². The first kappa shape index (κ1) is 11.0. The second-order valence-corrected chi connectivity index (χ2v) is 5.05. The van der Waals surface area contributed by atoms with Gasteiger partial charge in [0, 0.05) is 29.3 Å². The zero-order valence-electron chi connectivity index (χ0n) is 9.42. The van der Waals surface area contributed by atoms with E-state index < -0.39 is 0 Å². The summed E-state index contributed by atoms with van der Waals surface area (Å²) in [5.41, 5.74) is 2.79. The van der Waals surface area contributed by atoms with Crippen molar-refractivity contribution in [2.24, 2.45) is 0 Å². The van der Waals surface area contributed by atoms with Crippen molar-refractivity contribution in [3.63, 3.8) is 0 Å². The second kappa shape index (κ2) is 4.14. The van der Waals surface area contributed by atoms with Crippen molar-refractivity contribution in [3.8, 4) is 0 Å². The third kappa shape index (κ3) is 1.79. The van der Waals surface area contributed by atoms with Gasteiger partial charge in [-0.05, 0) is 38.1 Å². The van der Waals surface area contributed by atoms with E-state index >= 15 is 0 Å². The summed E-state index contributed by atoms with van der Waals surface area (Å²) in [6, 6.07) is 7.49. The summed E-state index contributed by atoms with van der Waals surface area (Å²) >= 11 is 3.63. The quantitative estimate of drug-likeness (QED) is 0.887. The molecule has 2 unspecified atom stereocenters. The number of nitrogens with zero attached hydrogens (tertiary/aromatic N) is 1. The maximum atomic E-state index is 3.63. The summed E-state index contributed by atoms with van der Waals surface area (Å²) in [5.74, 6) is 0. The molecule has 0 amide bonds. The summed E-state index contributed by atoms with van der Waals surface area (Å²) in [4.78, 5) is 2.38. The van der Waals surface area contributed by atoms with E-state index in [1.807, 2.05) is 7.05 Å². The number of anilines is 1. The molecule has 1 aliphatic heterocycles. The molecule has 1 aromatic rings. The maximum absolute atomic E-state index is 3.63. The Morgan fingerprint density at radius 2 is 2.27 bits per heavy atom. The van der Waals surface area contributed by atoms with E-state index in [1.165, 1.54) is 15.7 Å². The molecular formula is C12H17BrN2. The fraction of sp³-hybridized carbons (Fsp3) is 0.500. The van der Waals surface area contributed by atoms with Gasteiger partial charge in [0.2, 0.25) is 0 Å². The molecule has 3 heteroatoms. The van der Waals surface area contributed by atoms with Crippen molar-refractivity contribution in [1.29, 1.82) is 0 Å². The van der Waals surface area contributed by atoms with Crippen LogP contribution in [0.2, 0.25) is 0 Å². The Morgan fingerprint density at radius 1 is 1.53 bits per heavy atom. The van der Waals surface area contributed by atoms with Gasteiger partial charge in [0.15, 0.2) is 0 Å². The van der Waals surface area contributed by atoms with Gasteiger partial charge >= 0.3 is 0 Å². The van der Waals surface area contributed by atoms with Crippen LogP contribution < -0.4 is 10.2 Å². The number of benzene rings is 1. The Labute approximate surface area is 99.8 Å². The highest BCUT2D eigenvalue weighted by Crippen LogP contribution is 2.36. The molecule has 1 heterocycles. The Hall–Kier alpha value is -0.540. The van der Waals surface area contributed by atoms with E-state index in [9.17, 15) is 0 Å². The lowest BCUT2D eigenvalue weighted by molar-refractivity contribution is 0.487. The number of hydrogen-bond acceptors (Lipinski definition) is 2. The van der Waals surface area contributed by atoms with Gasteiger partial charge in [-0.3, -0.25) is 0 Å². The van der Waals surface area contributed by atoms with Crippen molar-refractivity contribution in [2.45, 2.75) is 25.4 Å². The Morgan fingerprint density at radius 3 is 2.87 bits per heavy atom. The number of nitrogens with one attached hydrogen (secondary N) is 1. The molecule has 15 heavy (non-hydrogen) atoms. The molecule has 2 rings (SSSR count). The lowest BCUT2D eigenvalue weighted by Crippen LogP contribution is -2.44. The van der Waals surface area contributed by atoms with Crippen LogP contribution in [0.4, 0.5) is 5.69 Å². The summed E-state index contributed by atoms with van der Waals surface area (Å²) in [6.07, 6.45) is 1.12. The van der Waals surface area contributed by atoms with Gasteiger partial charge in [0.05, 0.1) is 0 Å². The first-order valence-electron chi connectivity index (χ1n) is 5.32. The minimum Gasteiger partial charge on any atom is -0.369 e. The normalized spacial score (nSPS) is 21.6. The van der Waals surface area contributed by atoms with E-state index in [1.54, 1.807) is 0 Å². The Balaban J connectivity index is 2.33. The highest BCUT2D eigenvalue weighted by atomic mass is 79.9. The Kier molecular flexibility index (Phi) is 3.03. The topological polar surface area (TPSA) is 15.3 Å². The molecule has 0 saturated heterocycles. The highest BCUT2D eigenvalue weighted by molar-refractivity contribution is 9.10. The largest absolute Gasteiger partial charge is 0.369 e. The minimum absolute atomic E-state index is 0.509. The SMILES string of the molecule is CNC(C)C1Cc2c(Br)cccc2N1C. The van der Waals surface area contributed by atoms with Gasteiger partial charge in [-0.15, -0.1) is 0 Å². The van der Waals surface area contributed by atoms with E-state index in [4.69, 9.17) is 0 Å². The lowest BCUT2D eigenvalue weighted by atomic mass is 10.1. The van der Waals surface area contributed by atoms with Crippen LogP contribution in [0, 0.1) is 0 Å². The van der Waals surface area contributed by atoms with E-state index in [-0.39, 0.29) is 0 Å². The fourth-order valence-corrected chi connectivity index (χ4v) is 2.83. The standard InChI is InChI=1S/C12H17BrN2/c1-8(14-2)12-7-9-10(13)5-4-6-11(9)15(12)3/h4-6,8,12,14H,7H2,1-3H3. The number of rotatable bonds is 2. The first-order valence-corrected chi connectivity index (χ1v) is 6.12. The van der Waals surface area contributed by atoms with E-state index in [2.05, 4.69) is 58.3 Å². The van der Waals surface area contributed by atoms with Crippen LogP contribution in [0.25, 0.3) is 0 Å². The van der Waals surface area contributed by atoms with Crippen molar-refractivity contribution < 1.29 is 0 Å². The molecule has 0 spiro atoms. The molecule has 1 aromatic carbocycles. The van der Waals surface area contributed by atoms with E-state index in [0.29, 0.717) is 12.1 Å². The third-order valence-electron chi connectivity index (χ3n) is 3.42. The molecule has 0 radical (unpaired) electrons. The molecular weight excluding hydrogens is 252 g/mol. The molecule has 0 aliphatic carbocycles. The van der Waals surface area contributed by atoms with Gasteiger partial charge in [-0.1, -0.05) is 22.0 Å². The maximum Gasteiger partial charge on any atom is 0.0478 e. The zero-order valence-corrected chi connectivity index (χ0v) is 11.0. The second-order valence-electron chi connectivity index (χ2n) is 4.20. The zero-order chi connectivity index (χ0) is 11.0. The van der Waals surface area contributed by atoms with Crippen LogP contribution in [0.5, 0.6) is 0 Å². The van der Waals surface area contributed by atoms with Crippen molar-refractivity contribution in [2.75, 3.05) is 19.0 Å². The predicted octanol–water partition coefficient (Wildman–Crippen LogP) is 2.42. The summed E-state index contributed by atoms with van der Waals surface area (Å²) < 4.78 is 1.23. The number of halogens is 1. The molecule has 0 saturated carbocycles. The average molecular weight is 269 g/mol. The van der Waals surface area contributed by atoms with E-state index in [0.717, 1.165) is 6.42 Å². The van der Waals surface area contributed by atoms with Crippen molar-refractivity contribution in [3.05, 3.63) is 28.2 Å². The summed E-state index contributed by atoms with van der Waals surface area (Å²) in [7, 11) is 4.20. The van der Waals surface area contributed by atoms with Crippen molar-refractivity contribution >= 4 is 21.6 Å². The molecule has 0 aromatic heterocycles. The third-order valence-corrected chi connectivity index (χ3v) is 4.16. The monoisotopic (exact) mass is 268 g/mol. The smallest absolute Gasteiger partial charge is 0.0478 e. The van der Waals surface area contributed by atoms with Crippen LogP contribution in [0.1, 0.15) is 12.5 Å². The van der Waals surface area contributed by atoms with Crippen LogP contribution >= 0.6 is 15.9 Å². The number of fused-ring (bicyclic) bond motifs is 1. The van der Waals surface area contributed by atoms with Gasteiger partial charge in [-0.2, -0.15) is 0 Å². The molecule has 1 N–H and O–H groups in total. The van der Waals surface area contributed by atoms with Crippen LogP contribution in [-0.2, 0) is 6.42 Å². The number of likely N-dealkylation sites (N-methyl/N-ethyl adjacent to an activating group) is 2. The summed E-state index contributed by atoms with van der Waals surface area (Å²) in [6.45, 7) is 2.24. The van der Waals surface area contributed by atoms with Crippen LogP contribution in [0.15, 0.2) is 22.7 Å². The molecule has 82 valence electrons. The number of hydrogen-bond donors (Lipinski definition) is 1. The fourth-order valence-electron chi connectivity index (χ4n) is 2.31. The predicted molar refractivity (Wildman–Crippen MR) is 68.6 cm³/mol. The van der Waals surface area contributed by atoms with Crippen LogP contribution in [0.3, 0.4) is 0 Å². The molecule has 2 atom stereocenters. The van der Waals surface area contributed by atoms with Gasteiger partial charge < -0.3 is 10.2 Å². The molecule has 0 bridgehead atoms.